The lowest BCUT2D eigenvalue weighted by Crippen LogP contribution is -2.53. The van der Waals surface area contributed by atoms with E-state index < -0.39 is 0 Å². The highest BCUT2D eigenvalue weighted by atomic mass is 16.6. The van der Waals surface area contributed by atoms with E-state index >= 15 is 0 Å². The molecular weight excluding hydrogens is 344 g/mol. The number of piperidine rings is 2. The number of hydrogen-bond donors (Lipinski definition) is 1. The molecule has 3 saturated heterocycles. The molecule has 0 spiro atoms. The van der Waals surface area contributed by atoms with Crippen molar-refractivity contribution in [2.24, 2.45) is 0 Å². The van der Waals surface area contributed by atoms with Gasteiger partial charge in [-0.2, -0.15) is 0 Å². The van der Waals surface area contributed by atoms with Crippen molar-refractivity contribution >= 4 is 12.1 Å². The molecule has 152 valence electrons. The number of rotatable bonds is 3. The van der Waals surface area contributed by atoms with Gasteiger partial charge < -0.3 is 24.8 Å². The fraction of sp³-hybridized carbons (Fsp3) is 0.900. The maximum atomic E-state index is 12.5. The highest BCUT2D eigenvalue weighted by Gasteiger charge is 2.44. The summed E-state index contributed by atoms with van der Waals surface area (Å²) in [5.41, 5.74) is 0. The lowest BCUT2D eigenvalue weighted by molar-refractivity contribution is 0.0490. The molecule has 0 bridgehead atoms. The normalized spacial score (nSPS) is 30.9. The van der Waals surface area contributed by atoms with Gasteiger partial charge in [-0.15, -0.1) is 0 Å². The van der Waals surface area contributed by atoms with Gasteiger partial charge in [0.05, 0.1) is 18.7 Å². The molecule has 3 aliphatic heterocycles. The number of ether oxygens (including phenoxy) is 1. The molecular formula is C20H34N4O3. The average Bonchev–Trinajstić information content (AvgIpc) is 3.04. The van der Waals surface area contributed by atoms with Crippen molar-refractivity contribution in [2.45, 2.75) is 82.5 Å². The molecule has 2 atom stereocenters. The number of carbonyl (C=O) groups excluding carboxylic acids is 2. The summed E-state index contributed by atoms with van der Waals surface area (Å²) in [6.07, 6.45) is 8.85. The van der Waals surface area contributed by atoms with Crippen LogP contribution >= 0.6 is 0 Å². The van der Waals surface area contributed by atoms with E-state index in [4.69, 9.17) is 4.74 Å². The van der Waals surface area contributed by atoms with E-state index in [-0.39, 0.29) is 12.1 Å². The minimum absolute atomic E-state index is 0.170. The number of likely N-dealkylation sites (tertiary alicyclic amines) is 2. The Balaban J connectivity index is 1.26. The molecule has 7 nitrogen and oxygen atoms in total. The topological polar surface area (TPSA) is 65.1 Å². The Labute approximate surface area is 162 Å². The molecule has 0 radical (unpaired) electrons. The van der Waals surface area contributed by atoms with Crippen molar-refractivity contribution in [2.75, 3.05) is 32.8 Å². The predicted octanol–water partition coefficient (Wildman–Crippen LogP) is 2.41. The average molecular weight is 379 g/mol. The van der Waals surface area contributed by atoms with E-state index in [2.05, 4.69) is 15.1 Å². The first-order valence-electron chi connectivity index (χ1n) is 10.9. The summed E-state index contributed by atoms with van der Waals surface area (Å²) in [6, 6.07) is 1.95. The SMILES string of the molecule is CCOC(=O)N1CCC(N2CCC(N3C(=O)NC4CCCC[C@H]43)CC2)CC1. The number of amides is 3. The lowest BCUT2D eigenvalue weighted by Gasteiger charge is -2.44. The maximum Gasteiger partial charge on any atom is 0.409 e. The van der Waals surface area contributed by atoms with Crippen LogP contribution in [0.4, 0.5) is 9.59 Å². The number of urea groups is 1. The second-order valence-electron chi connectivity index (χ2n) is 8.50. The van der Waals surface area contributed by atoms with Gasteiger partial charge in [0, 0.05) is 38.3 Å². The molecule has 3 amide bonds. The van der Waals surface area contributed by atoms with Gasteiger partial charge in [-0.05, 0) is 45.4 Å². The monoisotopic (exact) mass is 378 g/mol. The zero-order chi connectivity index (χ0) is 18.8. The summed E-state index contributed by atoms with van der Waals surface area (Å²) in [5, 5.41) is 3.23. The lowest BCUT2D eigenvalue weighted by atomic mass is 9.89. The third-order valence-corrected chi connectivity index (χ3v) is 7.03. The largest absolute Gasteiger partial charge is 0.450 e. The summed E-state index contributed by atoms with van der Waals surface area (Å²) in [6.45, 7) is 6.01. The van der Waals surface area contributed by atoms with Crippen LogP contribution in [0.25, 0.3) is 0 Å². The molecule has 4 aliphatic rings. The molecule has 1 unspecified atom stereocenters. The molecule has 0 aromatic carbocycles. The fourth-order valence-corrected chi connectivity index (χ4v) is 5.59. The Morgan fingerprint density at radius 2 is 1.67 bits per heavy atom. The zero-order valence-corrected chi connectivity index (χ0v) is 16.6. The van der Waals surface area contributed by atoms with Crippen molar-refractivity contribution in [1.82, 2.24) is 20.0 Å². The van der Waals surface area contributed by atoms with Gasteiger partial charge in [-0.1, -0.05) is 12.8 Å². The van der Waals surface area contributed by atoms with Crippen LogP contribution in [0.2, 0.25) is 0 Å². The third-order valence-electron chi connectivity index (χ3n) is 7.03. The van der Waals surface area contributed by atoms with E-state index in [0.717, 1.165) is 64.7 Å². The predicted molar refractivity (Wildman–Crippen MR) is 103 cm³/mol. The Morgan fingerprint density at radius 1 is 1.00 bits per heavy atom. The summed E-state index contributed by atoms with van der Waals surface area (Å²) >= 11 is 0. The van der Waals surface area contributed by atoms with Crippen LogP contribution in [0.15, 0.2) is 0 Å². The summed E-state index contributed by atoms with van der Waals surface area (Å²) in [4.78, 5) is 31.0. The van der Waals surface area contributed by atoms with E-state index in [1.807, 2.05) is 11.8 Å². The van der Waals surface area contributed by atoms with Crippen LogP contribution < -0.4 is 5.32 Å². The smallest absolute Gasteiger partial charge is 0.409 e. The molecule has 3 heterocycles. The maximum absolute atomic E-state index is 12.5. The summed E-state index contributed by atoms with van der Waals surface area (Å²) < 4.78 is 5.12. The van der Waals surface area contributed by atoms with Crippen molar-refractivity contribution in [1.29, 1.82) is 0 Å². The number of nitrogens with zero attached hydrogens (tertiary/aromatic N) is 3. The second kappa shape index (κ2) is 8.25. The standard InChI is InChI=1S/C20H34N4O3/c1-2-27-20(26)23-13-7-15(8-14-23)22-11-9-16(10-12-22)24-18-6-4-3-5-17(18)21-19(24)25/h15-18H,2-14H2,1H3,(H,21,25)/t17?,18-/m1/s1. The minimum atomic E-state index is -0.170. The van der Waals surface area contributed by atoms with Crippen LogP contribution in [-0.4, -0.2) is 83.8 Å². The van der Waals surface area contributed by atoms with Gasteiger partial charge in [0.1, 0.15) is 0 Å². The molecule has 4 fully saturated rings. The molecule has 27 heavy (non-hydrogen) atoms. The second-order valence-corrected chi connectivity index (χ2v) is 8.50. The van der Waals surface area contributed by atoms with Crippen LogP contribution in [0.3, 0.4) is 0 Å². The first-order chi connectivity index (χ1) is 13.2. The van der Waals surface area contributed by atoms with Crippen molar-refractivity contribution < 1.29 is 14.3 Å². The van der Waals surface area contributed by atoms with Crippen LogP contribution in [0.5, 0.6) is 0 Å². The van der Waals surface area contributed by atoms with Crippen molar-refractivity contribution in [3.63, 3.8) is 0 Å². The number of carbonyl (C=O) groups is 2. The molecule has 1 N–H and O–H groups in total. The van der Waals surface area contributed by atoms with Gasteiger partial charge in [0.2, 0.25) is 0 Å². The first kappa shape index (κ1) is 18.8. The van der Waals surface area contributed by atoms with Gasteiger partial charge in [-0.3, -0.25) is 0 Å². The number of fused-ring (bicyclic) bond motifs is 1. The quantitative estimate of drug-likeness (QED) is 0.819. The van der Waals surface area contributed by atoms with Crippen LogP contribution in [0, 0.1) is 0 Å². The molecule has 4 rings (SSSR count). The minimum Gasteiger partial charge on any atom is -0.450 e. The van der Waals surface area contributed by atoms with Crippen LogP contribution in [0.1, 0.15) is 58.3 Å². The summed E-state index contributed by atoms with van der Waals surface area (Å²) in [5.74, 6) is 0. The van der Waals surface area contributed by atoms with Crippen LogP contribution in [-0.2, 0) is 4.74 Å². The highest BCUT2D eigenvalue weighted by molar-refractivity contribution is 5.78. The van der Waals surface area contributed by atoms with E-state index in [1.165, 1.54) is 12.8 Å². The molecule has 1 aliphatic carbocycles. The van der Waals surface area contributed by atoms with Gasteiger partial charge in [0.25, 0.3) is 0 Å². The molecule has 7 heteroatoms. The van der Waals surface area contributed by atoms with Gasteiger partial charge in [-0.25, -0.2) is 9.59 Å². The fourth-order valence-electron chi connectivity index (χ4n) is 5.59. The zero-order valence-electron chi connectivity index (χ0n) is 16.6. The Kier molecular flexibility index (Phi) is 5.76. The van der Waals surface area contributed by atoms with Gasteiger partial charge >= 0.3 is 12.1 Å². The highest BCUT2D eigenvalue weighted by Crippen LogP contribution is 2.33. The molecule has 0 aromatic heterocycles. The summed E-state index contributed by atoms with van der Waals surface area (Å²) in [7, 11) is 0. The van der Waals surface area contributed by atoms with E-state index in [0.29, 0.717) is 30.8 Å². The van der Waals surface area contributed by atoms with E-state index in [9.17, 15) is 9.59 Å². The number of nitrogens with one attached hydrogen (secondary N) is 1. The molecule has 0 aromatic rings. The first-order valence-corrected chi connectivity index (χ1v) is 10.9. The third kappa shape index (κ3) is 3.89. The van der Waals surface area contributed by atoms with Crippen molar-refractivity contribution in [3.05, 3.63) is 0 Å². The van der Waals surface area contributed by atoms with Gasteiger partial charge in [0.15, 0.2) is 0 Å². The molecule has 1 saturated carbocycles. The Hall–Kier alpha value is -1.50. The Morgan fingerprint density at radius 3 is 2.37 bits per heavy atom. The Bertz CT molecular complexity index is 541. The van der Waals surface area contributed by atoms with E-state index in [1.54, 1.807) is 0 Å². The number of hydrogen-bond acceptors (Lipinski definition) is 4. The van der Waals surface area contributed by atoms with Crippen molar-refractivity contribution in [3.8, 4) is 0 Å².